The number of nitrogens with two attached hydrogens (primary N) is 1. The number of nitrogens with zero attached hydrogens (tertiary/aromatic N) is 2. The molecule has 0 aliphatic carbocycles. The van der Waals surface area contributed by atoms with E-state index in [2.05, 4.69) is 10.4 Å². The van der Waals surface area contributed by atoms with Gasteiger partial charge in [0, 0.05) is 16.1 Å². The second kappa shape index (κ2) is 7.93. The Morgan fingerprint density at radius 1 is 1.25 bits per heavy atom. The molecular formula is C20H22N4O3S. The number of aryl methyl sites for hydroxylation is 2. The van der Waals surface area contributed by atoms with Crippen molar-refractivity contribution in [2.24, 2.45) is 0 Å². The number of nitrogen functional groups attached to an aromatic ring is 1. The lowest BCUT2D eigenvalue weighted by Gasteiger charge is -2.16. The molecule has 3 aromatic rings. The molecular weight excluding hydrogens is 376 g/mol. The summed E-state index contributed by atoms with van der Waals surface area (Å²) >= 11 is 1.62. The van der Waals surface area contributed by atoms with Crippen molar-refractivity contribution in [2.45, 2.75) is 31.7 Å². The summed E-state index contributed by atoms with van der Waals surface area (Å²) in [5, 5.41) is 7.17. The number of aromatic nitrogens is 2. The van der Waals surface area contributed by atoms with Crippen molar-refractivity contribution < 1.29 is 9.21 Å². The second-order valence-electron chi connectivity index (χ2n) is 6.46. The van der Waals surface area contributed by atoms with Crippen molar-refractivity contribution >= 4 is 29.0 Å². The zero-order valence-corrected chi connectivity index (χ0v) is 17.0. The van der Waals surface area contributed by atoms with E-state index < -0.39 is 11.6 Å². The summed E-state index contributed by atoms with van der Waals surface area (Å²) in [6, 6.07) is 9.94. The van der Waals surface area contributed by atoms with E-state index in [0.29, 0.717) is 17.1 Å². The molecule has 7 nitrogen and oxygen atoms in total. The van der Waals surface area contributed by atoms with Crippen LogP contribution in [0.15, 0.2) is 50.5 Å². The summed E-state index contributed by atoms with van der Waals surface area (Å²) in [5.41, 5.74) is 7.27. The van der Waals surface area contributed by atoms with Crippen LogP contribution in [0, 0.1) is 13.8 Å². The van der Waals surface area contributed by atoms with Crippen LogP contribution >= 0.6 is 11.8 Å². The quantitative estimate of drug-likeness (QED) is 0.636. The van der Waals surface area contributed by atoms with Crippen LogP contribution in [-0.4, -0.2) is 21.9 Å². The maximum atomic E-state index is 12.7. The predicted molar refractivity (Wildman–Crippen MR) is 112 cm³/mol. The van der Waals surface area contributed by atoms with Crippen LogP contribution in [0.2, 0.25) is 0 Å². The van der Waals surface area contributed by atoms with Gasteiger partial charge in [-0.05, 0) is 63.4 Å². The number of rotatable bonds is 5. The molecule has 8 heteroatoms. The van der Waals surface area contributed by atoms with Gasteiger partial charge in [0.05, 0.1) is 5.69 Å². The Balaban J connectivity index is 1.91. The predicted octanol–water partition coefficient (Wildman–Crippen LogP) is 3.62. The third-order valence-corrected chi connectivity index (χ3v) is 5.13. The highest BCUT2D eigenvalue weighted by atomic mass is 32.2. The zero-order chi connectivity index (χ0) is 20.4. The van der Waals surface area contributed by atoms with E-state index in [4.69, 9.17) is 10.2 Å². The third kappa shape index (κ3) is 3.96. The van der Waals surface area contributed by atoms with Gasteiger partial charge in [-0.25, -0.2) is 4.68 Å². The normalized spacial score (nSPS) is 12.0. The number of furan rings is 1. The largest absolute Gasteiger partial charge is 0.466 e. The van der Waals surface area contributed by atoms with E-state index in [1.165, 1.54) is 6.07 Å². The number of hydrogen-bond donors (Lipinski definition) is 2. The van der Waals surface area contributed by atoms with Gasteiger partial charge < -0.3 is 15.5 Å². The number of nitrogens with one attached hydrogen (secondary N) is 1. The van der Waals surface area contributed by atoms with Gasteiger partial charge >= 0.3 is 0 Å². The average Bonchev–Trinajstić information content (AvgIpc) is 3.02. The Morgan fingerprint density at radius 2 is 1.93 bits per heavy atom. The first-order valence-electron chi connectivity index (χ1n) is 8.72. The van der Waals surface area contributed by atoms with E-state index in [0.717, 1.165) is 20.9 Å². The lowest BCUT2D eigenvalue weighted by Crippen LogP contribution is -2.34. The molecule has 146 valence electrons. The van der Waals surface area contributed by atoms with Crippen molar-refractivity contribution in [3.8, 4) is 11.3 Å². The zero-order valence-electron chi connectivity index (χ0n) is 16.1. The molecule has 0 unspecified atom stereocenters. The number of thioether (sulfide) groups is 1. The van der Waals surface area contributed by atoms with Gasteiger partial charge in [-0.2, -0.15) is 5.10 Å². The molecule has 0 radical (unpaired) electrons. The first-order valence-corrected chi connectivity index (χ1v) is 9.94. The lowest BCUT2D eigenvalue weighted by atomic mass is 10.1. The van der Waals surface area contributed by atoms with Crippen LogP contribution in [0.1, 0.15) is 24.5 Å². The molecule has 0 spiro atoms. The minimum absolute atomic E-state index is 0.0206. The highest BCUT2D eigenvalue weighted by Gasteiger charge is 2.21. The smallest absolute Gasteiger partial charge is 0.290 e. The van der Waals surface area contributed by atoms with Crippen LogP contribution in [0.4, 0.5) is 11.4 Å². The summed E-state index contributed by atoms with van der Waals surface area (Å²) in [6.07, 6.45) is 1.98. The number of carbonyl (C=O) groups is 1. The van der Waals surface area contributed by atoms with Crippen molar-refractivity contribution in [3.63, 3.8) is 0 Å². The number of benzene rings is 1. The molecule has 28 heavy (non-hydrogen) atoms. The van der Waals surface area contributed by atoms with Gasteiger partial charge in [0.1, 0.15) is 23.2 Å². The van der Waals surface area contributed by atoms with E-state index in [9.17, 15) is 9.59 Å². The van der Waals surface area contributed by atoms with E-state index >= 15 is 0 Å². The molecule has 1 amide bonds. The standard InChI is InChI=1S/C20H22N4O3S/c1-11-9-16(13(3)27-11)18-10-17(21)20(26)24(23-18)12(2)19(25)22-14-5-7-15(28-4)8-6-14/h5-10,12H,21H2,1-4H3,(H,22,25)/t12-/m1/s1. The van der Waals surface area contributed by atoms with Gasteiger partial charge in [-0.3, -0.25) is 9.59 Å². The number of amides is 1. The van der Waals surface area contributed by atoms with Crippen molar-refractivity contribution in [2.75, 3.05) is 17.3 Å². The molecule has 3 rings (SSSR count). The maximum absolute atomic E-state index is 12.7. The van der Waals surface area contributed by atoms with Crippen LogP contribution in [0.25, 0.3) is 11.3 Å². The summed E-state index contributed by atoms with van der Waals surface area (Å²) in [7, 11) is 0. The topological polar surface area (TPSA) is 103 Å². The molecule has 1 aromatic carbocycles. The summed E-state index contributed by atoms with van der Waals surface area (Å²) in [6.45, 7) is 5.25. The fraction of sp³-hybridized carbons (Fsp3) is 0.250. The summed E-state index contributed by atoms with van der Waals surface area (Å²) in [5.74, 6) is 1.04. The summed E-state index contributed by atoms with van der Waals surface area (Å²) in [4.78, 5) is 26.3. The van der Waals surface area contributed by atoms with Crippen LogP contribution < -0.4 is 16.6 Å². The highest BCUT2D eigenvalue weighted by molar-refractivity contribution is 7.98. The van der Waals surface area contributed by atoms with E-state index in [1.54, 1.807) is 18.7 Å². The summed E-state index contributed by atoms with van der Waals surface area (Å²) < 4.78 is 6.64. The molecule has 0 saturated carbocycles. The lowest BCUT2D eigenvalue weighted by molar-refractivity contribution is -0.119. The third-order valence-electron chi connectivity index (χ3n) is 4.38. The Kier molecular flexibility index (Phi) is 5.60. The maximum Gasteiger partial charge on any atom is 0.290 e. The first kappa shape index (κ1) is 19.8. The number of carbonyl (C=O) groups excluding carboxylic acids is 1. The van der Waals surface area contributed by atoms with Gasteiger partial charge in [0.15, 0.2) is 0 Å². The van der Waals surface area contributed by atoms with Gasteiger partial charge in [-0.15, -0.1) is 11.8 Å². The Morgan fingerprint density at radius 3 is 2.50 bits per heavy atom. The Bertz CT molecular complexity index is 1070. The van der Waals surface area contributed by atoms with E-state index in [1.807, 2.05) is 50.4 Å². The minimum Gasteiger partial charge on any atom is -0.466 e. The number of hydrogen-bond acceptors (Lipinski definition) is 6. The molecule has 0 aliphatic rings. The van der Waals surface area contributed by atoms with Crippen LogP contribution in [-0.2, 0) is 4.79 Å². The molecule has 2 aromatic heterocycles. The van der Waals surface area contributed by atoms with Crippen molar-refractivity contribution in [1.29, 1.82) is 0 Å². The minimum atomic E-state index is -0.844. The van der Waals surface area contributed by atoms with Crippen molar-refractivity contribution in [3.05, 3.63) is 58.3 Å². The molecule has 0 fully saturated rings. The van der Waals surface area contributed by atoms with Gasteiger partial charge in [0.2, 0.25) is 5.91 Å². The van der Waals surface area contributed by atoms with Crippen LogP contribution in [0.3, 0.4) is 0 Å². The van der Waals surface area contributed by atoms with Crippen molar-refractivity contribution in [1.82, 2.24) is 9.78 Å². The molecule has 1 atom stereocenters. The fourth-order valence-corrected chi connectivity index (χ4v) is 3.25. The molecule has 0 bridgehead atoms. The first-order chi connectivity index (χ1) is 13.3. The highest BCUT2D eigenvalue weighted by Crippen LogP contribution is 2.25. The number of anilines is 2. The van der Waals surface area contributed by atoms with E-state index in [-0.39, 0.29) is 11.6 Å². The average molecular weight is 398 g/mol. The molecule has 0 saturated heterocycles. The SMILES string of the molecule is CSc1ccc(NC(=O)[C@@H](C)n2nc(-c3cc(C)oc3C)cc(N)c2=O)cc1. The molecule has 3 N–H and O–H groups in total. The Labute approximate surface area is 166 Å². The van der Waals surface area contributed by atoms with Crippen LogP contribution in [0.5, 0.6) is 0 Å². The van der Waals surface area contributed by atoms with Gasteiger partial charge in [0.25, 0.3) is 5.56 Å². The monoisotopic (exact) mass is 398 g/mol. The fourth-order valence-electron chi connectivity index (χ4n) is 2.84. The van der Waals surface area contributed by atoms with Gasteiger partial charge in [-0.1, -0.05) is 0 Å². The Hall–Kier alpha value is -3.00. The molecule has 0 aliphatic heterocycles. The second-order valence-corrected chi connectivity index (χ2v) is 7.33. The molecule has 2 heterocycles.